The topological polar surface area (TPSA) is 113 Å². The van der Waals surface area contributed by atoms with Crippen LogP contribution in [-0.4, -0.2) is 95.8 Å². The third kappa shape index (κ3) is 9.22. The smallest absolute Gasteiger partial charge is 0.319 e. The third-order valence-corrected chi connectivity index (χ3v) is 8.37. The van der Waals surface area contributed by atoms with Crippen molar-refractivity contribution in [2.75, 3.05) is 59.5 Å². The Balaban J connectivity index is 0.000000699. The van der Waals surface area contributed by atoms with Crippen LogP contribution in [0.1, 0.15) is 58.3 Å². The number of aliphatic hydroxyl groups excluding tert-OH is 1. The molecule has 1 aromatic carbocycles. The Morgan fingerprint density at radius 1 is 1.16 bits per heavy atom. The van der Waals surface area contributed by atoms with Crippen molar-refractivity contribution >= 4 is 39.2 Å². The first-order valence-electron chi connectivity index (χ1n) is 15.9. The summed E-state index contributed by atoms with van der Waals surface area (Å²) in [5.74, 6) is 0.259. The molecule has 1 aliphatic heterocycles. The summed E-state index contributed by atoms with van der Waals surface area (Å²) in [5.41, 5.74) is 1.51. The van der Waals surface area contributed by atoms with E-state index in [2.05, 4.69) is 43.8 Å². The minimum absolute atomic E-state index is 0.138. The maximum atomic E-state index is 16.3. The second kappa shape index (κ2) is 17.0. The SMILES string of the molecule is C1CC1.CCC(CO)CCCN(C)c1nc(OCC2CCCN2C)nc2c(F)c(-c3cc(Cl)cc4[nH]ncc34)ncc12.COC. The van der Waals surface area contributed by atoms with Crippen molar-refractivity contribution in [1.29, 1.82) is 0 Å². The van der Waals surface area contributed by atoms with Gasteiger partial charge in [-0.25, -0.2) is 4.39 Å². The average molecular weight is 644 g/mol. The van der Waals surface area contributed by atoms with E-state index in [1.807, 2.05) is 11.9 Å². The van der Waals surface area contributed by atoms with Crippen LogP contribution in [0.2, 0.25) is 5.02 Å². The summed E-state index contributed by atoms with van der Waals surface area (Å²) in [6.45, 7) is 4.40. The number of aromatic nitrogens is 5. The van der Waals surface area contributed by atoms with Crippen LogP contribution in [0.4, 0.5) is 10.2 Å². The Morgan fingerprint density at radius 2 is 1.91 bits per heavy atom. The molecule has 1 aliphatic carbocycles. The molecule has 2 N–H and O–H groups in total. The van der Waals surface area contributed by atoms with Crippen LogP contribution in [0.5, 0.6) is 6.01 Å². The Kier molecular flexibility index (Phi) is 13.1. The first-order chi connectivity index (χ1) is 21.8. The molecule has 45 heavy (non-hydrogen) atoms. The summed E-state index contributed by atoms with van der Waals surface area (Å²) in [4.78, 5) is 18.0. The van der Waals surface area contributed by atoms with Crippen molar-refractivity contribution in [2.24, 2.45) is 5.92 Å². The quantitative estimate of drug-likeness (QED) is 0.189. The maximum absolute atomic E-state index is 16.3. The number of anilines is 1. The Hall–Kier alpha value is -3.12. The number of pyridine rings is 1. The van der Waals surface area contributed by atoms with Crippen LogP contribution in [-0.2, 0) is 4.74 Å². The van der Waals surface area contributed by atoms with Crippen molar-refractivity contribution in [3.8, 4) is 17.3 Å². The molecule has 0 radical (unpaired) electrons. The first-order valence-corrected chi connectivity index (χ1v) is 16.2. The van der Waals surface area contributed by atoms with Gasteiger partial charge in [-0.05, 0) is 57.3 Å². The summed E-state index contributed by atoms with van der Waals surface area (Å²) in [5, 5.41) is 18.2. The number of hydrogen-bond acceptors (Lipinski definition) is 9. The van der Waals surface area contributed by atoms with Gasteiger partial charge in [0.15, 0.2) is 5.82 Å². The molecule has 246 valence electrons. The zero-order valence-corrected chi connectivity index (χ0v) is 27.9. The number of benzene rings is 1. The van der Waals surface area contributed by atoms with Crippen molar-refractivity contribution in [2.45, 2.75) is 64.3 Å². The number of hydrogen-bond donors (Lipinski definition) is 2. The normalized spacial score (nSPS) is 16.6. The lowest BCUT2D eigenvalue weighted by atomic mass is 10.0. The molecular formula is C33H47ClFN7O3. The van der Waals surface area contributed by atoms with Gasteiger partial charge in [0.05, 0.1) is 17.1 Å². The number of rotatable bonds is 11. The predicted octanol–water partition coefficient (Wildman–Crippen LogP) is 6.50. The van der Waals surface area contributed by atoms with Crippen LogP contribution >= 0.6 is 11.6 Å². The number of methoxy groups -OCH3 is 1. The monoisotopic (exact) mass is 643 g/mol. The van der Waals surface area contributed by atoms with E-state index in [0.717, 1.165) is 38.6 Å². The average Bonchev–Trinajstić information content (AvgIpc) is 3.75. The van der Waals surface area contributed by atoms with E-state index < -0.39 is 5.82 Å². The highest BCUT2D eigenvalue weighted by atomic mass is 35.5. The first kappa shape index (κ1) is 34.7. The number of nitrogens with one attached hydrogen (secondary N) is 1. The van der Waals surface area contributed by atoms with Crippen LogP contribution in [0, 0.1) is 11.7 Å². The van der Waals surface area contributed by atoms with Gasteiger partial charge in [0.1, 0.15) is 23.6 Å². The largest absolute Gasteiger partial charge is 0.462 e. The van der Waals surface area contributed by atoms with Crippen molar-refractivity contribution in [1.82, 2.24) is 30.0 Å². The standard InChI is InChI=1S/C28H35ClFN7O2.C3H6.C2H6O/c1-4-17(15-38)7-5-10-37(3)27-22-13-31-25(20-11-18(29)12-23-21(20)14-32-35-23)24(30)26(22)33-28(34-27)39-16-19-8-6-9-36(19)2;1-2-3-1;1-3-2/h11-14,17,19,38H,4-10,15-16H2,1-3H3,(H,32,35);1-3H2;1-2H3. The summed E-state index contributed by atoms with van der Waals surface area (Å²) >= 11 is 6.33. The molecule has 2 atom stereocenters. The Bertz CT molecular complexity index is 1510. The zero-order valence-electron chi connectivity index (χ0n) is 27.2. The molecule has 6 rings (SSSR count). The molecule has 0 amide bonds. The minimum Gasteiger partial charge on any atom is -0.462 e. The number of H-pyrrole nitrogens is 1. The minimum atomic E-state index is -0.566. The van der Waals surface area contributed by atoms with E-state index in [-0.39, 0.29) is 35.8 Å². The van der Waals surface area contributed by atoms with Crippen LogP contribution in [0.15, 0.2) is 24.5 Å². The number of likely N-dealkylation sites (tertiary alicyclic amines) is 1. The summed E-state index contributed by atoms with van der Waals surface area (Å²) in [6.07, 6.45) is 12.6. The molecule has 3 aromatic heterocycles. The maximum Gasteiger partial charge on any atom is 0.319 e. The van der Waals surface area contributed by atoms with E-state index in [4.69, 9.17) is 21.3 Å². The second-order valence-corrected chi connectivity index (χ2v) is 12.3. The molecule has 0 spiro atoms. The van der Waals surface area contributed by atoms with Crippen molar-refractivity contribution in [3.05, 3.63) is 35.4 Å². The fourth-order valence-corrected chi connectivity index (χ4v) is 5.50. The molecule has 2 unspecified atom stereocenters. The number of halogens is 2. The number of fused-ring (bicyclic) bond motifs is 2. The molecule has 12 heteroatoms. The highest BCUT2D eigenvalue weighted by Gasteiger charge is 2.24. The fourth-order valence-electron chi connectivity index (χ4n) is 5.29. The molecule has 4 heterocycles. The van der Waals surface area contributed by atoms with E-state index in [9.17, 15) is 5.11 Å². The molecule has 1 saturated heterocycles. The van der Waals surface area contributed by atoms with Crippen LogP contribution in [0.25, 0.3) is 33.1 Å². The second-order valence-electron chi connectivity index (χ2n) is 11.9. The molecule has 2 fully saturated rings. The highest BCUT2D eigenvalue weighted by Crippen LogP contribution is 2.36. The number of aliphatic hydroxyl groups is 1. The van der Waals surface area contributed by atoms with Crippen LogP contribution in [0.3, 0.4) is 0 Å². The molecule has 1 saturated carbocycles. The van der Waals surface area contributed by atoms with Gasteiger partial charge < -0.3 is 24.4 Å². The fraction of sp³-hybridized carbons (Fsp3) is 0.576. The Labute approximate surface area is 270 Å². The summed E-state index contributed by atoms with van der Waals surface area (Å²) in [7, 11) is 7.25. The lowest BCUT2D eigenvalue weighted by molar-refractivity contribution is 0.188. The van der Waals surface area contributed by atoms with Gasteiger partial charge in [0.25, 0.3) is 0 Å². The van der Waals surface area contributed by atoms with E-state index in [0.29, 0.717) is 45.8 Å². The molecule has 2 aliphatic rings. The molecule has 10 nitrogen and oxygen atoms in total. The van der Waals surface area contributed by atoms with E-state index in [1.54, 1.807) is 38.7 Å². The lowest BCUT2D eigenvalue weighted by Crippen LogP contribution is -2.31. The third-order valence-electron chi connectivity index (χ3n) is 8.16. The predicted molar refractivity (Wildman–Crippen MR) is 179 cm³/mol. The van der Waals surface area contributed by atoms with Crippen molar-refractivity contribution in [3.63, 3.8) is 0 Å². The zero-order chi connectivity index (χ0) is 32.3. The van der Waals surface area contributed by atoms with E-state index in [1.165, 1.54) is 19.3 Å². The molecule has 0 bridgehead atoms. The van der Waals surface area contributed by atoms with Crippen molar-refractivity contribution < 1.29 is 19.0 Å². The lowest BCUT2D eigenvalue weighted by Gasteiger charge is -2.23. The number of nitrogens with zero attached hydrogens (tertiary/aromatic N) is 6. The van der Waals surface area contributed by atoms with Gasteiger partial charge in [-0.15, -0.1) is 0 Å². The molecular weight excluding hydrogens is 597 g/mol. The van der Waals surface area contributed by atoms with Crippen LogP contribution < -0.4 is 9.64 Å². The summed E-state index contributed by atoms with van der Waals surface area (Å²) < 4.78 is 26.6. The van der Waals surface area contributed by atoms with Gasteiger partial charge in [0.2, 0.25) is 0 Å². The number of aromatic amines is 1. The number of ether oxygens (including phenoxy) is 2. The Morgan fingerprint density at radius 3 is 2.56 bits per heavy atom. The number of likely N-dealkylation sites (N-methyl/N-ethyl adjacent to an activating group) is 1. The van der Waals surface area contributed by atoms with E-state index >= 15 is 4.39 Å². The van der Waals surface area contributed by atoms with Gasteiger partial charge in [-0.2, -0.15) is 15.1 Å². The summed E-state index contributed by atoms with van der Waals surface area (Å²) in [6, 6.07) is 3.84. The van der Waals surface area contributed by atoms with Gasteiger partial charge in [0, 0.05) is 62.6 Å². The molecule has 4 aromatic rings. The van der Waals surface area contributed by atoms with Gasteiger partial charge in [-0.1, -0.05) is 44.2 Å². The highest BCUT2D eigenvalue weighted by molar-refractivity contribution is 6.31. The van der Waals surface area contributed by atoms with Gasteiger partial charge >= 0.3 is 6.01 Å². The van der Waals surface area contributed by atoms with Gasteiger partial charge in [-0.3, -0.25) is 10.1 Å².